The van der Waals surface area contributed by atoms with Crippen LogP contribution >= 0.6 is 0 Å². The van der Waals surface area contributed by atoms with Gasteiger partial charge >= 0.3 is 5.97 Å². The lowest BCUT2D eigenvalue weighted by Crippen LogP contribution is -2.34. The van der Waals surface area contributed by atoms with Gasteiger partial charge in [-0.2, -0.15) is 0 Å². The van der Waals surface area contributed by atoms with Crippen LogP contribution in [0.2, 0.25) is 0 Å². The Morgan fingerprint density at radius 3 is 2.37 bits per heavy atom. The zero-order chi connectivity index (χ0) is 14.4. The van der Waals surface area contributed by atoms with Gasteiger partial charge in [-0.25, -0.2) is 4.79 Å². The molecular formula is C14H19NO4. The largest absolute Gasteiger partial charge is 0.479 e. The van der Waals surface area contributed by atoms with Gasteiger partial charge in [0.2, 0.25) is 5.91 Å². The number of nitrogens with zero attached hydrogens (tertiary/aromatic N) is 1. The number of carbonyl (C=O) groups excluding carboxylic acids is 1. The molecule has 0 aliphatic carbocycles. The molecule has 0 bridgehead atoms. The lowest BCUT2D eigenvalue weighted by atomic mass is 10.1. The SMILES string of the molecule is CC(c1ccccc1)N(C)C(=O)CO[C@H](C)C(=O)O. The second-order valence-electron chi connectivity index (χ2n) is 4.38. The number of hydrogen-bond donors (Lipinski definition) is 1. The summed E-state index contributed by atoms with van der Waals surface area (Å²) in [6.45, 7) is 3.07. The quantitative estimate of drug-likeness (QED) is 0.850. The van der Waals surface area contributed by atoms with E-state index < -0.39 is 12.1 Å². The molecule has 0 saturated carbocycles. The molecule has 5 nitrogen and oxygen atoms in total. The van der Waals surface area contributed by atoms with Crippen LogP contribution in [0.5, 0.6) is 0 Å². The van der Waals surface area contributed by atoms with Crippen molar-refractivity contribution in [2.75, 3.05) is 13.7 Å². The fourth-order valence-corrected chi connectivity index (χ4v) is 1.54. The van der Waals surface area contributed by atoms with Crippen LogP contribution in [0.3, 0.4) is 0 Å². The highest BCUT2D eigenvalue weighted by Gasteiger charge is 2.19. The summed E-state index contributed by atoms with van der Waals surface area (Å²) in [5.41, 5.74) is 1.02. The minimum Gasteiger partial charge on any atom is -0.479 e. The molecule has 1 aromatic rings. The number of carboxylic acids is 1. The molecule has 1 aromatic carbocycles. The Morgan fingerprint density at radius 1 is 1.26 bits per heavy atom. The molecule has 19 heavy (non-hydrogen) atoms. The van der Waals surface area contributed by atoms with Crippen molar-refractivity contribution in [1.29, 1.82) is 0 Å². The van der Waals surface area contributed by atoms with Crippen LogP contribution in [-0.4, -0.2) is 41.6 Å². The average Bonchev–Trinajstić information content (AvgIpc) is 2.43. The number of benzene rings is 1. The highest BCUT2D eigenvalue weighted by Crippen LogP contribution is 2.18. The van der Waals surface area contributed by atoms with E-state index in [4.69, 9.17) is 9.84 Å². The van der Waals surface area contributed by atoms with E-state index in [2.05, 4.69) is 0 Å². The first-order valence-corrected chi connectivity index (χ1v) is 6.08. The summed E-state index contributed by atoms with van der Waals surface area (Å²) in [5, 5.41) is 8.67. The average molecular weight is 265 g/mol. The van der Waals surface area contributed by atoms with Gasteiger partial charge in [0.1, 0.15) is 6.61 Å². The minimum atomic E-state index is -1.08. The van der Waals surface area contributed by atoms with Crippen LogP contribution in [0.25, 0.3) is 0 Å². The van der Waals surface area contributed by atoms with Crippen LogP contribution in [-0.2, 0) is 14.3 Å². The third kappa shape index (κ3) is 4.37. The fourth-order valence-electron chi connectivity index (χ4n) is 1.54. The fraction of sp³-hybridized carbons (Fsp3) is 0.429. The molecule has 1 unspecified atom stereocenters. The number of amides is 1. The van der Waals surface area contributed by atoms with Gasteiger partial charge in [-0.1, -0.05) is 30.3 Å². The Bertz CT molecular complexity index is 432. The molecule has 0 fully saturated rings. The third-order valence-corrected chi connectivity index (χ3v) is 3.06. The first kappa shape index (κ1) is 15.2. The summed E-state index contributed by atoms with van der Waals surface area (Å²) in [6, 6.07) is 9.53. The monoisotopic (exact) mass is 265 g/mol. The Labute approximate surface area is 112 Å². The van der Waals surface area contributed by atoms with Crippen molar-refractivity contribution >= 4 is 11.9 Å². The van der Waals surface area contributed by atoms with E-state index in [9.17, 15) is 9.59 Å². The Hall–Kier alpha value is -1.88. The van der Waals surface area contributed by atoms with Gasteiger partial charge in [-0.15, -0.1) is 0 Å². The Balaban J connectivity index is 2.55. The maximum absolute atomic E-state index is 11.9. The van der Waals surface area contributed by atoms with E-state index in [1.54, 1.807) is 11.9 Å². The van der Waals surface area contributed by atoms with Crippen molar-refractivity contribution in [2.24, 2.45) is 0 Å². The highest BCUT2D eigenvalue weighted by atomic mass is 16.5. The van der Waals surface area contributed by atoms with E-state index in [-0.39, 0.29) is 18.6 Å². The van der Waals surface area contributed by atoms with Gasteiger partial charge < -0.3 is 14.7 Å². The normalized spacial score (nSPS) is 13.6. The molecule has 0 aliphatic heterocycles. The van der Waals surface area contributed by atoms with Crippen LogP contribution in [0.4, 0.5) is 0 Å². The van der Waals surface area contributed by atoms with Gasteiger partial charge in [-0.3, -0.25) is 4.79 Å². The minimum absolute atomic E-state index is 0.0857. The zero-order valence-electron chi connectivity index (χ0n) is 11.4. The van der Waals surface area contributed by atoms with Crippen molar-refractivity contribution in [3.63, 3.8) is 0 Å². The first-order chi connectivity index (χ1) is 8.93. The number of ether oxygens (including phenoxy) is 1. The Morgan fingerprint density at radius 2 is 1.84 bits per heavy atom. The molecule has 2 atom stereocenters. The molecule has 0 spiro atoms. The molecule has 104 valence electrons. The summed E-state index contributed by atoms with van der Waals surface area (Å²) in [5.74, 6) is -1.32. The van der Waals surface area contributed by atoms with Gasteiger partial charge in [0.25, 0.3) is 0 Å². The van der Waals surface area contributed by atoms with Gasteiger partial charge in [0.15, 0.2) is 6.10 Å². The molecule has 1 rings (SSSR count). The molecule has 1 amide bonds. The van der Waals surface area contributed by atoms with E-state index >= 15 is 0 Å². The third-order valence-electron chi connectivity index (χ3n) is 3.06. The van der Waals surface area contributed by atoms with E-state index in [0.717, 1.165) is 5.56 Å². The van der Waals surface area contributed by atoms with Crippen molar-refractivity contribution < 1.29 is 19.4 Å². The molecule has 0 saturated heterocycles. The molecule has 0 aliphatic rings. The zero-order valence-corrected chi connectivity index (χ0v) is 11.4. The maximum Gasteiger partial charge on any atom is 0.332 e. The smallest absolute Gasteiger partial charge is 0.332 e. The number of hydrogen-bond acceptors (Lipinski definition) is 3. The van der Waals surface area contributed by atoms with E-state index in [0.29, 0.717) is 0 Å². The first-order valence-electron chi connectivity index (χ1n) is 6.08. The van der Waals surface area contributed by atoms with E-state index in [1.807, 2.05) is 37.3 Å². The predicted octanol–water partition coefficient (Wildman–Crippen LogP) is 1.70. The van der Waals surface area contributed by atoms with Crippen LogP contribution < -0.4 is 0 Å². The number of aliphatic carboxylic acids is 1. The second kappa shape index (κ2) is 6.89. The van der Waals surface area contributed by atoms with Crippen molar-refractivity contribution in [2.45, 2.75) is 26.0 Å². The summed E-state index contributed by atoms with van der Waals surface area (Å²) >= 11 is 0. The van der Waals surface area contributed by atoms with Gasteiger partial charge in [0.05, 0.1) is 6.04 Å². The van der Waals surface area contributed by atoms with E-state index in [1.165, 1.54) is 6.92 Å². The number of likely N-dealkylation sites (N-methyl/N-ethyl adjacent to an activating group) is 1. The standard InChI is InChI=1S/C14H19NO4/c1-10(12-7-5-4-6-8-12)15(3)13(16)9-19-11(2)14(17)18/h4-8,10-11H,9H2,1-3H3,(H,17,18)/t10?,11-/m1/s1. The van der Waals surface area contributed by atoms with Crippen LogP contribution in [0, 0.1) is 0 Å². The van der Waals surface area contributed by atoms with Crippen molar-refractivity contribution in [3.8, 4) is 0 Å². The van der Waals surface area contributed by atoms with Crippen molar-refractivity contribution in [3.05, 3.63) is 35.9 Å². The maximum atomic E-state index is 11.9. The summed E-state index contributed by atoms with van der Waals surface area (Å²) < 4.78 is 4.98. The van der Waals surface area contributed by atoms with Crippen LogP contribution in [0.1, 0.15) is 25.5 Å². The molecule has 0 radical (unpaired) electrons. The highest BCUT2D eigenvalue weighted by molar-refractivity contribution is 5.78. The molecule has 5 heteroatoms. The molecule has 1 N–H and O–H groups in total. The molecule has 0 aromatic heterocycles. The van der Waals surface area contributed by atoms with Gasteiger partial charge in [-0.05, 0) is 19.4 Å². The Kier molecular flexibility index (Phi) is 5.51. The summed E-state index contributed by atoms with van der Waals surface area (Å²) in [7, 11) is 1.68. The van der Waals surface area contributed by atoms with Crippen molar-refractivity contribution in [1.82, 2.24) is 4.90 Å². The summed E-state index contributed by atoms with van der Waals surface area (Å²) in [4.78, 5) is 24.0. The number of carboxylic acid groups (broad SMARTS) is 1. The number of carbonyl (C=O) groups is 2. The second-order valence-corrected chi connectivity index (χ2v) is 4.38. The summed E-state index contributed by atoms with van der Waals surface area (Å²) in [6.07, 6.45) is -0.982. The topological polar surface area (TPSA) is 66.8 Å². The molecular weight excluding hydrogens is 246 g/mol. The van der Waals surface area contributed by atoms with Gasteiger partial charge in [0, 0.05) is 7.05 Å². The lowest BCUT2D eigenvalue weighted by molar-refractivity contribution is -0.153. The van der Waals surface area contributed by atoms with Crippen LogP contribution in [0.15, 0.2) is 30.3 Å². The number of rotatable bonds is 6. The molecule has 0 heterocycles. The predicted molar refractivity (Wildman–Crippen MR) is 70.7 cm³/mol. The lowest BCUT2D eigenvalue weighted by Gasteiger charge is -2.25.